The molecule has 6 heteroatoms. The molecule has 136 valence electrons. The lowest BCUT2D eigenvalue weighted by molar-refractivity contribution is 0.0936. The highest BCUT2D eigenvalue weighted by Gasteiger charge is 2.21. The average Bonchev–Trinajstić information content (AvgIpc) is 2.97. The van der Waals surface area contributed by atoms with Crippen LogP contribution in [0.15, 0.2) is 28.7 Å². The van der Waals surface area contributed by atoms with Crippen LogP contribution in [0.5, 0.6) is 0 Å². The zero-order valence-electron chi connectivity index (χ0n) is 15.6. The quantitative estimate of drug-likeness (QED) is 0.732. The second kappa shape index (κ2) is 8.63. The van der Waals surface area contributed by atoms with E-state index in [0.717, 1.165) is 16.6 Å². The van der Waals surface area contributed by atoms with Gasteiger partial charge >= 0.3 is 0 Å². The smallest absolute Gasteiger partial charge is 0.273 e. The standard InChI is InChI=1S/C19H27BrN4O/c1-6-13-7-9-14(10-8-13)15(24(4)5)11-21-19(25)18-16(20)17(12(2)3)22-23-18/h7-10,12,15H,6,11H2,1-5H3,(H,21,25)(H,22,23). The van der Waals surface area contributed by atoms with E-state index in [0.29, 0.717) is 12.2 Å². The maximum atomic E-state index is 12.5. The number of aryl methyl sites for hydroxylation is 1. The number of nitrogens with zero attached hydrogens (tertiary/aromatic N) is 2. The van der Waals surface area contributed by atoms with Crippen LogP contribution in [0.3, 0.4) is 0 Å². The molecule has 1 aromatic carbocycles. The first kappa shape index (κ1) is 19.7. The van der Waals surface area contributed by atoms with Crippen molar-refractivity contribution in [3.05, 3.63) is 51.3 Å². The van der Waals surface area contributed by atoms with Gasteiger partial charge in [0.25, 0.3) is 5.91 Å². The largest absolute Gasteiger partial charge is 0.349 e. The van der Waals surface area contributed by atoms with Gasteiger partial charge in [-0.15, -0.1) is 0 Å². The first-order chi connectivity index (χ1) is 11.8. The molecule has 1 atom stereocenters. The van der Waals surface area contributed by atoms with Crippen LogP contribution in [-0.4, -0.2) is 41.6 Å². The van der Waals surface area contributed by atoms with Gasteiger partial charge in [0.2, 0.25) is 0 Å². The van der Waals surface area contributed by atoms with Crippen molar-refractivity contribution in [2.45, 2.75) is 39.2 Å². The lowest BCUT2D eigenvalue weighted by atomic mass is 10.0. The third-order valence-corrected chi connectivity index (χ3v) is 5.18. The van der Waals surface area contributed by atoms with Crippen LogP contribution < -0.4 is 5.32 Å². The summed E-state index contributed by atoms with van der Waals surface area (Å²) in [7, 11) is 4.04. The fourth-order valence-corrected chi connectivity index (χ4v) is 3.54. The molecule has 2 N–H and O–H groups in total. The van der Waals surface area contributed by atoms with Gasteiger partial charge in [0.15, 0.2) is 5.69 Å². The number of amides is 1. The van der Waals surface area contributed by atoms with E-state index in [1.54, 1.807) is 0 Å². The molecular weight excluding hydrogens is 380 g/mol. The fraction of sp³-hybridized carbons (Fsp3) is 0.474. The van der Waals surface area contributed by atoms with Gasteiger partial charge in [-0.1, -0.05) is 45.0 Å². The number of hydrogen-bond acceptors (Lipinski definition) is 3. The van der Waals surface area contributed by atoms with Crippen LogP contribution in [0.2, 0.25) is 0 Å². The van der Waals surface area contributed by atoms with E-state index in [9.17, 15) is 4.79 Å². The Labute approximate surface area is 158 Å². The van der Waals surface area contributed by atoms with Crippen LogP contribution in [0.4, 0.5) is 0 Å². The van der Waals surface area contributed by atoms with Gasteiger partial charge < -0.3 is 10.2 Å². The Morgan fingerprint density at radius 2 is 1.92 bits per heavy atom. The molecule has 2 aromatic rings. The molecule has 1 aromatic heterocycles. The van der Waals surface area contributed by atoms with Crippen LogP contribution in [0, 0.1) is 0 Å². The molecule has 0 saturated heterocycles. The second-order valence-electron chi connectivity index (χ2n) is 6.74. The lowest BCUT2D eigenvalue weighted by Gasteiger charge is -2.25. The molecule has 5 nitrogen and oxygen atoms in total. The van der Waals surface area contributed by atoms with E-state index in [-0.39, 0.29) is 17.9 Å². The van der Waals surface area contributed by atoms with E-state index in [4.69, 9.17) is 0 Å². The Hall–Kier alpha value is -1.66. The van der Waals surface area contributed by atoms with E-state index < -0.39 is 0 Å². The summed E-state index contributed by atoms with van der Waals surface area (Å²) in [6, 6.07) is 8.67. The topological polar surface area (TPSA) is 61.0 Å². The number of benzene rings is 1. The number of hydrogen-bond donors (Lipinski definition) is 2. The van der Waals surface area contributed by atoms with Crippen molar-refractivity contribution >= 4 is 21.8 Å². The summed E-state index contributed by atoms with van der Waals surface area (Å²) in [6.07, 6.45) is 1.02. The first-order valence-electron chi connectivity index (χ1n) is 8.62. The average molecular weight is 407 g/mol. The molecule has 0 saturated carbocycles. The number of halogens is 1. The van der Waals surface area contributed by atoms with E-state index in [1.807, 2.05) is 14.1 Å². The molecule has 25 heavy (non-hydrogen) atoms. The Morgan fingerprint density at radius 3 is 2.40 bits per heavy atom. The molecule has 0 radical (unpaired) electrons. The molecule has 0 fully saturated rings. The summed E-state index contributed by atoms with van der Waals surface area (Å²) in [4.78, 5) is 14.6. The lowest BCUT2D eigenvalue weighted by Crippen LogP contribution is -2.34. The summed E-state index contributed by atoms with van der Waals surface area (Å²) in [5, 5.41) is 10.1. The van der Waals surface area contributed by atoms with Crippen LogP contribution in [0.25, 0.3) is 0 Å². The Bertz CT molecular complexity index is 707. The van der Waals surface area contributed by atoms with Crippen molar-refractivity contribution in [3.8, 4) is 0 Å². The maximum absolute atomic E-state index is 12.5. The zero-order valence-corrected chi connectivity index (χ0v) is 17.1. The summed E-state index contributed by atoms with van der Waals surface area (Å²) in [5.74, 6) is 0.0992. The number of carbonyl (C=O) groups is 1. The van der Waals surface area contributed by atoms with Crippen molar-refractivity contribution in [1.82, 2.24) is 20.4 Å². The normalized spacial score (nSPS) is 12.6. The molecule has 0 aliphatic rings. The maximum Gasteiger partial charge on any atom is 0.273 e. The van der Waals surface area contributed by atoms with E-state index in [1.165, 1.54) is 11.1 Å². The molecule has 0 aliphatic heterocycles. The highest BCUT2D eigenvalue weighted by atomic mass is 79.9. The minimum atomic E-state index is -0.174. The predicted octanol–water partition coefficient (Wildman–Crippen LogP) is 3.89. The number of likely N-dealkylation sites (N-methyl/N-ethyl adjacent to an activating group) is 1. The Morgan fingerprint density at radius 1 is 1.28 bits per heavy atom. The first-order valence-corrected chi connectivity index (χ1v) is 9.41. The summed E-state index contributed by atoms with van der Waals surface area (Å²) in [6.45, 7) is 6.78. The molecule has 1 amide bonds. The van der Waals surface area contributed by atoms with Crippen molar-refractivity contribution in [2.75, 3.05) is 20.6 Å². The third-order valence-electron chi connectivity index (χ3n) is 4.38. The number of aromatic amines is 1. The van der Waals surface area contributed by atoms with Crippen LogP contribution in [0.1, 0.15) is 60.0 Å². The van der Waals surface area contributed by atoms with Gasteiger partial charge in [-0.3, -0.25) is 9.89 Å². The van der Waals surface area contributed by atoms with Gasteiger partial charge in [-0.25, -0.2) is 0 Å². The molecule has 1 heterocycles. The SMILES string of the molecule is CCc1ccc(C(CNC(=O)c2n[nH]c(C(C)C)c2Br)N(C)C)cc1. The Balaban J connectivity index is 2.09. The van der Waals surface area contributed by atoms with E-state index in [2.05, 4.69) is 81.4 Å². The van der Waals surface area contributed by atoms with E-state index >= 15 is 0 Å². The van der Waals surface area contributed by atoms with Crippen molar-refractivity contribution in [2.24, 2.45) is 0 Å². The highest BCUT2D eigenvalue weighted by Crippen LogP contribution is 2.25. The van der Waals surface area contributed by atoms with Crippen LogP contribution in [-0.2, 0) is 6.42 Å². The zero-order chi connectivity index (χ0) is 18.6. The second-order valence-corrected chi connectivity index (χ2v) is 7.53. The number of H-pyrrole nitrogens is 1. The van der Waals surface area contributed by atoms with Gasteiger partial charge in [0.05, 0.1) is 16.2 Å². The van der Waals surface area contributed by atoms with Crippen molar-refractivity contribution < 1.29 is 4.79 Å². The minimum Gasteiger partial charge on any atom is -0.349 e. The number of carbonyl (C=O) groups excluding carboxylic acids is 1. The van der Waals surface area contributed by atoms with Crippen molar-refractivity contribution in [3.63, 3.8) is 0 Å². The third kappa shape index (κ3) is 4.70. The number of aromatic nitrogens is 2. The number of nitrogens with one attached hydrogen (secondary N) is 2. The Kier molecular flexibility index (Phi) is 6.79. The van der Waals surface area contributed by atoms with Gasteiger partial charge in [0, 0.05) is 6.54 Å². The monoisotopic (exact) mass is 406 g/mol. The molecular formula is C19H27BrN4O. The summed E-state index contributed by atoms with van der Waals surface area (Å²) >= 11 is 3.48. The molecule has 0 aliphatic carbocycles. The van der Waals surface area contributed by atoms with Gasteiger partial charge in [-0.2, -0.15) is 5.10 Å². The minimum absolute atomic E-state index is 0.108. The van der Waals surface area contributed by atoms with Crippen molar-refractivity contribution in [1.29, 1.82) is 0 Å². The fourth-order valence-electron chi connectivity index (χ4n) is 2.72. The summed E-state index contributed by atoms with van der Waals surface area (Å²) < 4.78 is 0.744. The van der Waals surface area contributed by atoms with Crippen LogP contribution >= 0.6 is 15.9 Å². The predicted molar refractivity (Wildman–Crippen MR) is 105 cm³/mol. The molecule has 0 spiro atoms. The van der Waals surface area contributed by atoms with Gasteiger partial charge in [0.1, 0.15) is 0 Å². The summed E-state index contributed by atoms with van der Waals surface area (Å²) in [5.41, 5.74) is 3.84. The molecule has 0 bridgehead atoms. The van der Waals surface area contributed by atoms with Gasteiger partial charge in [-0.05, 0) is 53.5 Å². The highest BCUT2D eigenvalue weighted by molar-refractivity contribution is 9.10. The molecule has 1 unspecified atom stereocenters. The number of rotatable bonds is 7. The molecule has 2 rings (SSSR count).